The Hall–Kier alpha value is -1.38. The summed E-state index contributed by atoms with van der Waals surface area (Å²) >= 11 is 0. The molecule has 0 unspecified atom stereocenters. The first-order chi connectivity index (χ1) is 6.79. The summed E-state index contributed by atoms with van der Waals surface area (Å²) in [5.41, 5.74) is 0.956. The lowest BCUT2D eigenvalue weighted by Gasteiger charge is -2.01. The van der Waals surface area contributed by atoms with Gasteiger partial charge in [0.05, 0.1) is 6.21 Å². The summed E-state index contributed by atoms with van der Waals surface area (Å²) in [5, 5.41) is 3.85. The lowest BCUT2D eigenvalue weighted by molar-refractivity contribution is 0.134. The molecule has 0 aliphatic heterocycles. The van der Waals surface area contributed by atoms with E-state index in [1.54, 1.807) is 18.6 Å². The zero-order valence-corrected chi connectivity index (χ0v) is 8.68. The first-order valence-corrected chi connectivity index (χ1v) is 4.84. The van der Waals surface area contributed by atoms with Crippen molar-refractivity contribution >= 4 is 6.21 Å². The molecule has 76 valence electrons. The Balaban J connectivity index is 2.21. The zero-order valence-electron chi connectivity index (χ0n) is 8.68. The maximum absolute atomic E-state index is 5.09. The molecule has 14 heavy (non-hydrogen) atoms. The molecule has 0 aliphatic rings. The van der Waals surface area contributed by atoms with Gasteiger partial charge >= 0.3 is 0 Å². The molecule has 0 spiro atoms. The summed E-state index contributed by atoms with van der Waals surface area (Å²) in [6.45, 7) is 5.00. The molecule has 3 heteroatoms. The van der Waals surface area contributed by atoms with E-state index >= 15 is 0 Å². The van der Waals surface area contributed by atoms with Crippen LogP contribution in [0.1, 0.15) is 25.8 Å². The predicted molar refractivity (Wildman–Crippen MR) is 57.2 cm³/mol. The van der Waals surface area contributed by atoms with E-state index in [-0.39, 0.29) is 0 Å². The highest BCUT2D eigenvalue weighted by atomic mass is 16.6. The van der Waals surface area contributed by atoms with Gasteiger partial charge in [-0.1, -0.05) is 25.1 Å². The van der Waals surface area contributed by atoms with Crippen molar-refractivity contribution < 1.29 is 4.84 Å². The lowest BCUT2D eigenvalue weighted by Crippen LogP contribution is -1.94. The number of pyridine rings is 1. The zero-order chi connectivity index (χ0) is 10.2. The van der Waals surface area contributed by atoms with Crippen LogP contribution in [0.2, 0.25) is 0 Å². The molecule has 3 nitrogen and oxygen atoms in total. The van der Waals surface area contributed by atoms with Crippen molar-refractivity contribution in [2.45, 2.75) is 20.3 Å². The highest BCUT2D eigenvalue weighted by Crippen LogP contribution is 1.99. The van der Waals surface area contributed by atoms with Crippen LogP contribution in [-0.2, 0) is 4.84 Å². The van der Waals surface area contributed by atoms with Crippen molar-refractivity contribution in [1.29, 1.82) is 0 Å². The number of hydrogen-bond donors (Lipinski definition) is 0. The van der Waals surface area contributed by atoms with Crippen molar-refractivity contribution in [2.24, 2.45) is 11.1 Å². The number of hydrogen-bond acceptors (Lipinski definition) is 3. The first kappa shape index (κ1) is 10.7. The molecule has 0 saturated heterocycles. The van der Waals surface area contributed by atoms with Crippen LogP contribution in [0, 0.1) is 5.92 Å². The van der Waals surface area contributed by atoms with Crippen LogP contribution in [0.25, 0.3) is 0 Å². The maximum Gasteiger partial charge on any atom is 0.117 e. The fourth-order valence-electron chi connectivity index (χ4n) is 0.892. The fraction of sp³-hybridized carbons (Fsp3) is 0.455. The minimum Gasteiger partial charge on any atom is -0.396 e. The van der Waals surface area contributed by atoms with Crippen LogP contribution in [0.15, 0.2) is 29.7 Å². The fourth-order valence-corrected chi connectivity index (χ4v) is 0.892. The molecule has 0 fully saturated rings. The molecule has 1 heterocycles. The van der Waals surface area contributed by atoms with Crippen LogP contribution in [0.3, 0.4) is 0 Å². The molecule has 0 bridgehead atoms. The summed E-state index contributed by atoms with van der Waals surface area (Å²) < 4.78 is 0. The van der Waals surface area contributed by atoms with E-state index in [1.807, 2.05) is 12.1 Å². The smallest absolute Gasteiger partial charge is 0.117 e. The van der Waals surface area contributed by atoms with E-state index in [1.165, 1.54) is 0 Å². The topological polar surface area (TPSA) is 34.5 Å². The normalized spacial score (nSPS) is 11.1. The third-order valence-electron chi connectivity index (χ3n) is 1.75. The third kappa shape index (κ3) is 4.60. The molecule has 1 aromatic heterocycles. The summed E-state index contributed by atoms with van der Waals surface area (Å²) in [6.07, 6.45) is 6.18. The second-order valence-corrected chi connectivity index (χ2v) is 3.54. The van der Waals surface area contributed by atoms with Crippen molar-refractivity contribution in [3.05, 3.63) is 30.1 Å². The summed E-state index contributed by atoms with van der Waals surface area (Å²) in [6, 6.07) is 3.80. The largest absolute Gasteiger partial charge is 0.396 e. The Kier molecular flexibility index (Phi) is 4.69. The van der Waals surface area contributed by atoms with E-state index in [9.17, 15) is 0 Å². The molecule has 1 aromatic rings. The summed E-state index contributed by atoms with van der Waals surface area (Å²) in [5.74, 6) is 0.656. The second kappa shape index (κ2) is 6.13. The standard InChI is InChI=1S/C11H16N2O/c1-10(2)5-7-14-13-9-11-4-3-6-12-8-11/h3-4,6,8-10H,5,7H2,1-2H3/b13-9+. The van der Waals surface area contributed by atoms with Crippen molar-refractivity contribution in [1.82, 2.24) is 4.98 Å². The Bertz CT molecular complexity index is 270. The van der Waals surface area contributed by atoms with Crippen LogP contribution >= 0.6 is 0 Å². The van der Waals surface area contributed by atoms with Crippen molar-refractivity contribution in [3.63, 3.8) is 0 Å². The number of nitrogens with zero attached hydrogens (tertiary/aromatic N) is 2. The van der Waals surface area contributed by atoms with Gasteiger partial charge in [-0.05, 0) is 18.4 Å². The van der Waals surface area contributed by atoms with Gasteiger partial charge in [-0.3, -0.25) is 4.98 Å². The van der Waals surface area contributed by atoms with Crippen LogP contribution in [-0.4, -0.2) is 17.8 Å². The van der Waals surface area contributed by atoms with E-state index in [4.69, 9.17) is 4.84 Å². The van der Waals surface area contributed by atoms with Gasteiger partial charge in [0.15, 0.2) is 0 Å². The summed E-state index contributed by atoms with van der Waals surface area (Å²) in [4.78, 5) is 9.06. The molecule has 0 amide bonds. The molecule has 0 saturated carbocycles. The second-order valence-electron chi connectivity index (χ2n) is 3.54. The number of oxime groups is 1. The Morgan fingerprint density at radius 1 is 1.57 bits per heavy atom. The monoisotopic (exact) mass is 192 g/mol. The van der Waals surface area contributed by atoms with Crippen LogP contribution in [0.5, 0.6) is 0 Å². The molecular weight excluding hydrogens is 176 g/mol. The average Bonchev–Trinajstić information content (AvgIpc) is 2.18. The van der Waals surface area contributed by atoms with E-state index in [0.717, 1.165) is 12.0 Å². The minimum absolute atomic E-state index is 0.656. The minimum atomic E-state index is 0.656. The van der Waals surface area contributed by atoms with E-state index in [0.29, 0.717) is 12.5 Å². The van der Waals surface area contributed by atoms with Gasteiger partial charge in [0.1, 0.15) is 6.61 Å². The molecular formula is C11H16N2O. The molecule has 0 radical (unpaired) electrons. The van der Waals surface area contributed by atoms with Gasteiger partial charge in [-0.2, -0.15) is 0 Å². The maximum atomic E-state index is 5.09. The average molecular weight is 192 g/mol. The Labute approximate surface area is 84.8 Å². The predicted octanol–water partition coefficient (Wildman–Crippen LogP) is 2.48. The molecule has 0 aromatic carbocycles. The van der Waals surface area contributed by atoms with Gasteiger partial charge in [-0.15, -0.1) is 0 Å². The van der Waals surface area contributed by atoms with Gasteiger partial charge in [0.2, 0.25) is 0 Å². The van der Waals surface area contributed by atoms with E-state index < -0.39 is 0 Å². The highest BCUT2D eigenvalue weighted by molar-refractivity contribution is 5.78. The summed E-state index contributed by atoms with van der Waals surface area (Å²) in [7, 11) is 0. The highest BCUT2D eigenvalue weighted by Gasteiger charge is 1.92. The molecule has 0 N–H and O–H groups in total. The van der Waals surface area contributed by atoms with Gasteiger partial charge < -0.3 is 4.84 Å². The molecule has 0 atom stereocenters. The lowest BCUT2D eigenvalue weighted by atomic mass is 10.1. The van der Waals surface area contributed by atoms with E-state index in [2.05, 4.69) is 24.0 Å². The van der Waals surface area contributed by atoms with Crippen molar-refractivity contribution in [3.8, 4) is 0 Å². The number of aromatic nitrogens is 1. The van der Waals surface area contributed by atoms with Gasteiger partial charge in [0.25, 0.3) is 0 Å². The Morgan fingerprint density at radius 2 is 2.43 bits per heavy atom. The molecule has 0 aliphatic carbocycles. The van der Waals surface area contributed by atoms with Gasteiger partial charge in [0, 0.05) is 18.0 Å². The van der Waals surface area contributed by atoms with Crippen LogP contribution < -0.4 is 0 Å². The Morgan fingerprint density at radius 3 is 3.07 bits per heavy atom. The SMILES string of the molecule is CC(C)CCO/N=C/c1cccnc1. The quantitative estimate of drug-likeness (QED) is 0.408. The molecule has 1 rings (SSSR count). The van der Waals surface area contributed by atoms with Crippen LogP contribution in [0.4, 0.5) is 0 Å². The van der Waals surface area contributed by atoms with Gasteiger partial charge in [-0.25, -0.2) is 0 Å². The first-order valence-electron chi connectivity index (χ1n) is 4.84. The number of rotatable bonds is 5. The third-order valence-corrected chi connectivity index (χ3v) is 1.75. The van der Waals surface area contributed by atoms with Crippen molar-refractivity contribution in [2.75, 3.05) is 6.61 Å².